The van der Waals surface area contributed by atoms with Crippen LogP contribution >= 0.6 is 0 Å². The number of pyridine rings is 1. The molecule has 0 radical (unpaired) electrons. The molecule has 0 bridgehead atoms. The summed E-state index contributed by atoms with van der Waals surface area (Å²) in [6.45, 7) is 8.76. The van der Waals surface area contributed by atoms with Gasteiger partial charge in [-0.15, -0.1) is 0 Å². The number of rotatable bonds is 8. The summed E-state index contributed by atoms with van der Waals surface area (Å²) in [5.74, 6) is -1.48. The lowest BCUT2D eigenvalue weighted by Crippen LogP contribution is -2.35. The van der Waals surface area contributed by atoms with Crippen LogP contribution in [0.3, 0.4) is 0 Å². The van der Waals surface area contributed by atoms with E-state index in [1.54, 1.807) is 6.07 Å². The second-order valence-corrected chi connectivity index (χ2v) is 9.25. The van der Waals surface area contributed by atoms with Gasteiger partial charge in [0.1, 0.15) is 17.5 Å². The minimum absolute atomic E-state index is 0.108. The Labute approximate surface area is 210 Å². The molecular formula is C27H32F2N6O. The quantitative estimate of drug-likeness (QED) is 0.420. The Hall–Kier alpha value is -3.72. The monoisotopic (exact) mass is 494 g/mol. The Morgan fingerprint density at radius 2 is 1.75 bits per heavy atom. The number of hydrogen-bond donors (Lipinski definition) is 3. The van der Waals surface area contributed by atoms with Crippen molar-refractivity contribution >= 4 is 28.8 Å². The van der Waals surface area contributed by atoms with E-state index in [0.29, 0.717) is 23.1 Å². The van der Waals surface area contributed by atoms with Gasteiger partial charge in [0.05, 0.1) is 11.3 Å². The van der Waals surface area contributed by atoms with Crippen molar-refractivity contribution in [3.8, 4) is 0 Å². The highest BCUT2D eigenvalue weighted by Gasteiger charge is 2.17. The number of amides is 1. The summed E-state index contributed by atoms with van der Waals surface area (Å²) in [5, 5.41) is 6.28. The van der Waals surface area contributed by atoms with E-state index in [1.807, 2.05) is 12.1 Å². The third-order valence-electron chi connectivity index (χ3n) is 6.34. The highest BCUT2D eigenvalue weighted by Crippen LogP contribution is 2.25. The highest BCUT2D eigenvalue weighted by atomic mass is 19.1. The average molecular weight is 495 g/mol. The maximum atomic E-state index is 13.5. The molecule has 2 heterocycles. The predicted molar refractivity (Wildman–Crippen MR) is 140 cm³/mol. The fraction of sp³-hybridized carbons (Fsp3) is 0.333. The number of nitrogens with one attached hydrogen (secondary N) is 2. The number of benzene rings is 2. The first kappa shape index (κ1) is 25.4. The minimum atomic E-state index is -0.667. The van der Waals surface area contributed by atoms with Crippen molar-refractivity contribution < 1.29 is 13.6 Å². The molecule has 0 aliphatic carbocycles. The molecule has 190 valence electrons. The molecule has 4 rings (SSSR count). The first-order valence-corrected chi connectivity index (χ1v) is 12.1. The van der Waals surface area contributed by atoms with Gasteiger partial charge in [-0.3, -0.25) is 9.69 Å². The zero-order valence-electron chi connectivity index (χ0n) is 20.6. The minimum Gasteiger partial charge on any atom is -0.380 e. The van der Waals surface area contributed by atoms with Crippen LogP contribution in [0, 0.1) is 11.6 Å². The number of hydrogen-bond acceptors (Lipinski definition) is 6. The maximum absolute atomic E-state index is 13.5. The number of nitrogens with zero attached hydrogens (tertiary/aromatic N) is 3. The molecular weight excluding hydrogens is 462 g/mol. The molecule has 0 spiro atoms. The predicted octanol–water partition coefficient (Wildman–Crippen LogP) is 4.73. The highest BCUT2D eigenvalue weighted by molar-refractivity contribution is 5.98. The lowest BCUT2D eigenvalue weighted by atomic mass is 10.1. The van der Waals surface area contributed by atoms with E-state index in [2.05, 4.69) is 51.4 Å². The third-order valence-corrected chi connectivity index (χ3v) is 6.34. The number of aromatic nitrogens is 1. The molecule has 9 heteroatoms. The van der Waals surface area contributed by atoms with Gasteiger partial charge in [-0.05, 0) is 62.2 Å². The van der Waals surface area contributed by atoms with Crippen LogP contribution < -0.4 is 21.3 Å². The van der Waals surface area contributed by atoms with Crippen LogP contribution in [-0.4, -0.2) is 48.0 Å². The first-order valence-electron chi connectivity index (χ1n) is 12.1. The van der Waals surface area contributed by atoms with Crippen LogP contribution in [0.2, 0.25) is 0 Å². The largest absolute Gasteiger partial charge is 0.380 e. The van der Waals surface area contributed by atoms with E-state index in [4.69, 9.17) is 5.73 Å². The third kappa shape index (κ3) is 6.48. The second-order valence-electron chi connectivity index (χ2n) is 9.25. The van der Waals surface area contributed by atoms with Gasteiger partial charge in [0.15, 0.2) is 0 Å². The van der Waals surface area contributed by atoms with Crippen LogP contribution in [-0.2, 0) is 6.54 Å². The Balaban J connectivity index is 1.44. The Bertz CT molecular complexity index is 1180. The molecule has 2 aromatic carbocycles. The van der Waals surface area contributed by atoms with Gasteiger partial charge in [0, 0.05) is 68.5 Å². The molecule has 3 aromatic rings. The summed E-state index contributed by atoms with van der Waals surface area (Å²) in [4.78, 5) is 21.1. The summed E-state index contributed by atoms with van der Waals surface area (Å²) < 4.78 is 27.0. The van der Waals surface area contributed by atoms with Gasteiger partial charge in [-0.1, -0.05) is 0 Å². The number of primary amides is 1. The zero-order chi connectivity index (χ0) is 25.7. The summed E-state index contributed by atoms with van der Waals surface area (Å²) in [5.41, 5.74) is 8.51. The number of nitrogens with two attached hydrogens (primary N) is 1. The van der Waals surface area contributed by atoms with Gasteiger partial charge in [-0.25, -0.2) is 13.8 Å². The second kappa shape index (κ2) is 11.3. The first-order chi connectivity index (χ1) is 17.3. The Kier molecular flexibility index (Phi) is 8.00. The van der Waals surface area contributed by atoms with Gasteiger partial charge in [-0.2, -0.15) is 0 Å². The summed E-state index contributed by atoms with van der Waals surface area (Å²) in [6.07, 6.45) is 2.51. The maximum Gasteiger partial charge on any atom is 0.252 e. The van der Waals surface area contributed by atoms with Gasteiger partial charge in [0.25, 0.3) is 5.91 Å². The van der Waals surface area contributed by atoms with E-state index < -0.39 is 17.5 Å². The molecule has 1 aromatic heterocycles. The van der Waals surface area contributed by atoms with Crippen molar-refractivity contribution in [2.45, 2.75) is 32.9 Å². The summed E-state index contributed by atoms with van der Waals surface area (Å²) >= 11 is 0. The van der Waals surface area contributed by atoms with Crippen LogP contribution in [0.15, 0.2) is 54.7 Å². The normalized spacial score (nSPS) is 14.5. The topological polar surface area (TPSA) is 86.5 Å². The molecule has 1 aliphatic heterocycles. The summed E-state index contributed by atoms with van der Waals surface area (Å²) in [6, 6.07) is 13.6. The van der Waals surface area contributed by atoms with E-state index in [0.717, 1.165) is 44.4 Å². The fourth-order valence-corrected chi connectivity index (χ4v) is 4.39. The molecule has 7 nitrogen and oxygen atoms in total. The average Bonchev–Trinajstić information content (AvgIpc) is 3.09. The molecule has 36 heavy (non-hydrogen) atoms. The zero-order valence-corrected chi connectivity index (χ0v) is 20.6. The molecule has 0 unspecified atom stereocenters. The fourth-order valence-electron chi connectivity index (χ4n) is 4.39. The lowest BCUT2D eigenvalue weighted by Gasteiger charge is -2.26. The molecule has 4 N–H and O–H groups in total. The standard InChI is InChI=1S/C27H32F2N6O/c1-18(2)34-8-3-9-35(11-10-34)23-6-4-22(5-7-23)33-26-15-25(24(17-32-26)27(30)36)31-16-19-12-20(28)14-21(29)13-19/h4-7,12-15,17-18H,3,8-11,16H2,1-2H3,(H2,30,36)(H2,31,32,33). The SMILES string of the molecule is CC(C)N1CCCN(c2ccc(Nc3cc(NCc4cc(F)cc(F)c4)c(C(N)=O)cn3)cc2)CC1. The van der Waals surface area contributed by atoms with E-state index >= 15 is 0 Å². The summed E-state index contributed by atoms with van der Waals surface area (Å²) in [7, 11) is 0. The van der Waals surface area contributed by atoms with Crippen molar-refractivity contribution in [1.82, 2.24) is 9.88 Å². The van der Waals surface area contributed by atoms with E-state index in [-0.39, 0.29) is 12.1 Å². The van der Waals surface area contributed by atoms with Crippen LogP contribution in [0.5, 0.6) is 0 Å². The number of anilines is 4. The molecule has 1 fully saturated rings. The molecule has 1 amide bonds. The van der Waals surface area contributed by atoms with Crippen LogP contribution in [0.25, 0.3) is 0 Å². The number of carbonyl (C=O) groups is 1. The Morgan fingerprint density at radius 3 is 2.42 bits per heavy atom. The van der Waals surface area contributed by atoms with E-state index in [1.165, 1.54) is 24.0 Å². The van der Waals surface area contributed by atoms with Gasteiger partial charge < -0.3 is 21.3 Å². The molecule has 0 atom stereocenters. The van der Waals surface area contributed by atoms with Gasteiger partial charge >= 0.3 is 0 Å². The molecule has 0 saturated carbocycles. The van der Waals surface area contributed by atoms with Crippen LogP contribution in [0.4, 0.5) is 31.7 Å². The van der Waals surface area contributed by atoms with Gasteiger partial charge in [0.2, 0.25) is 0 Å². The Morgan fingerprint density at radius 1 is 1.03 bits per heavy atom. The van der Waals surface area contributed by atoms with Crippen molar-refractivity contribution in [2.75, 3.05) is 41.7 Å². The smallest absolute Gasteiger partial charge is 0.252 e. The van der Waals surface area contributed by atoms with Crippen LogP contribution in [0.1, 0.15) is 36.2 Å². The molecule has 1 aliphatic rings. The van der Waals surface area contributed by atoms with Crippen molar-refractivity contribution in [1.29, 1.82) is 0 Å². The van der Waals surface area contributed by atoms with E-state index in [9.17, 15) is 13.6 Å². The van der Waals surface area contributed by atoms with Crippen molar-refractivity contribution in [2.24, 2.45) is 5.73 Å². The molecule has 1 saturated heterocycles. The van der Waals surface area contributed by atoms with Crippen molar-refractivity contribution in [3.05, 3.63) is 77.5 Å². The lowest BCUT2D eigenvalue weighted by molar-refractivity contribution is 0.100. The number of carbonyl (C=O) groups excluding carboxylic acids is 1. The van der Waals surface area contributed by atoms with Crippen molar-refractivity contribution in [3.63, 3.8) is 0 Å². The number of halogens is 2.